The van der Waals surface area contributed by atoms with Gasteiger partial charge in [-0.2, -0.15) is 0 Å². The van der Waals surface area contributed by atoms with Gasteiger partial charge in [0.1, 0.15) is 11.3 Å². The van der Waals surface area contributed by atoms with Crippen molar-refractivity contribution in [3.8, 4) is 51.0 Å². The van der Waals surface area contributed by atoms with Gasteiger partial charge in [-0.3, -0.25) is 0 Å². The van der Waals surface area contributed by atoms with Crippen molar-refractivity contribution >= 4 is 44.4 Å². The Morgan fingerprint density at radius 2 is 0.982 bits per heavy atom. The number of aryl methyl sites for hydroxylation is 1. The van der Waals surface area contributed by atoms with Crippen LogP contribution in [0.4, 0.5) is 0 Å². The molecule has 3 heterocycles. The number of rotatable bonds is 6. The van der Waals surface area contributed by atoms with Crippen molar-refractivity contribution in [2.75, 3.05) is 0 Å². The first-order valence-electron chi connectivity index (χ1n) is 19.1. The topological polar surface area (TPSA) is 56.7 Å². The zero-order chi connectivity index (χ0) is 37.0. The highest BCUT2D eigenvalue weighted by Crippen LogP contribution is 2.39. The summed E-state index contributed by atoms with van der Waals surface area (Å²) >= 11 is 0. The molecule has 0 N–H and O–H groups in total. The minimum atomic E-state index is 0.616. The van der Waals surface area contributed by atoms with Crippen molar-refractivity contribution in [2.45, 2.75) is 12.8 Å². The van der Waals surface area contributed by atoms with E-state index in [1.807, 2.05) is 60.7 Å². The molecule has 0 fully saturated rings. The second-order valence-corrected chi connectivity index (χ2v) is 14.4. The molecule has 0 atom stereocenters. The molecule has 0 aliphatic heterocycles. The third-order valence-electron chi connectivity index (χ3n) is 11.0. The lowest BCUT2D eigenvalue weighted by Gasteiger charge is -2.14. The average molecular weight is 719 g/mol. The highest BCUT2D eigenvalue weighted by molar-refractivity contribution is 6.10. The van der Waals surface area contributed by atoms with Crippen LogP contribution in [-0.4, -0.2) is 19.5 Å². The normalized spacial score (nSPS) is 12.6. The van der Waals surface area contributed by atoms with Crippen LogP contribution in [0.1, 0.15) is 23.3 Å². The number of allylic oxidation sites excluding steroid dienone is 1. The minimum Gasteiger partial charge on any atom is -0.456 e. The van der Waals surface area contributed by atoms with Crippen molar-refractivity contribution in [1.29, 1.82) is 0 Å². The summed E-state index contributed by atoms with van der Waals surface area (Å²) < 4.78 is 8.98. The first-order valence-corrected chi connectivity index (χ1v) is 19.1. The highest BCUT2D eigenvalue weighted by atomic mass is 16.3. The Hall–Kier alpha value is -7.37. The van der Waals surface area contributed by atoms with Gasteiger partial charge in [0.15, 0.2) is 17.5 Å². The fourth-order valence-corrected chi connectivity index (χ4v) is 8.22. The Morgan fingerprint density at radius 1 is 0.411 bits per heavy atom. The number of furan rings is 1. The predicted molar refractivity (Wildman–Crippen MR) is 228 cm³/mol. The molecule has 0 spiro atoms. The summed E-state index contributed by atoms with van der Waals surface area (Å²) in [5.41, 5.74) is 13.3. The van der Waals surface area contributed by atoms with Crippen molar-refractivity contribution in [2.24, 2.45) is 0 Å². The standard InChI is InChI=1S/C51H34N4O/c1-4-12-33(13-5-1)37-24-29-46-44(30-37)41-18-10-11-19-45(41)55(46)40-25-20-34(21-26-40)38-22-27-42-43-28-23-39(32-48(43)56-47(42)31-38)51-53-49(35-14-6-2-7-15-35)52-50(54-51)36-16-8-3-9-17-36/h1-21,23-26,28-32H,22,27H2. The smallest absolute Gasteiger partial charge is 0.164 e. The van der Waals surface area contributed by atoms with Gasteiger partial charge in [0.05, 0.1) is 11.0 Å². The summed E-state index contributed by atoms with van der Waals surface area (Å²) in [5.74, 6) is 2.82. The van der Waals surface area contributed by atoms with Crippen molar-refractivity contribution < 1.29 is 4.42 Å². The molecule has 0 saturated heterocycles. The van der Waals surface area contributed by atoms with E-state index in [0.29, 0.717) is 17.5 Å². The van der Waals surface area contributed by atoms with Crippen LogP contribution in [0.2, 0.25) is 0 Å². The van der Waals surface area contributed by atoms with Gasteiger partial charge < -0.3 is 8.98 Å². The molecule has 1 aliphatic rings. The first kappa shape index (κ1) is 32.1. The highest BCUT2D eigenvalue weighted by Gasteiger charge is 2.21. The SMILES string of the molecule is C1=C(c2ccc(-n3c4ccccc4c4cc(-c5ccccc5)ccc43)cc2)CCc2c1oc1cc(-c3nc(-c4ccccc4)nc(-c4ccccc4)n3)ccc21. The maximum absolute atomic E-state index is 6.60. The van der Waals surface area contributed by atoms with E-state index >= 15 is 0 Å². The van der Waals surface area contributed by atoms with Gasteiger partial charge in [0, 0.05) is 44.1 Å². The summed E-state index contributed by atoms with van der Waals surface area (Å²) in [4.78, 5) is 14.7. The van der Waals surface area contributed by atoms with Crippen LogP contribution in [0.15, 0.2) is 180 Å². The molecule has 1 aliphatic carbocycles. The van der Waals surface area contributed by atoms with Crippen LogP contribution in [0.25, 0.3) is 95.4 Å². The van der Waals surface area contributed by atoms with E-state index in [1.54, 1.807) is 0 Å². The quantitative estimate of drug-likeness (QED) is 0.172. The van der Waals surface area contributed by atoms with Crippen LogP contribution in [-0.2, 0) is 6.42 Å². The minimum absolute atomic E-state index is 0.616. The molecule has 3 aromatic heterocycles. The fourth-order valence-electron chi connectivity index (χ4n) is 8.22. The van der Waals surface area contributed by atoms with Gasteiger partial charge in [-0.1, -0.05) is 140 Å². The molecular weight excluding hydrogens is 685 g/mol. The molecule has 5 nitrogen and oxygen atoms in total. The lowest BCUT2D eigenvalue weighted by Crippen LogP contribution is -2.00. The predicted octanol–water partition coefficient (Wildman–Crippen LogP) is 12.9. The lowest BCUT2D eigenvalue weighted by atomic mass is 9.91. The molecular formula is C51H34N4O. The van der Waals surface area contributed by atoms with Crippen LogP contribution in [0.3, 0.4) is 0 Å². The summed E-state index contributed by atoms with van der Waals surface area (Å²) in [5, 5.41) is 3.64. The number of benzene rings is 7. The van der Waals surface area contributed by atoms with Gasteiger partial charge in [-0.05, 0) is 77.6 Å². The fraction of sp³-hybridized carbons (Fsp3) is 0.0392. The van der Waals surface area contributed by atoms with Gasteiger partial charge in [-0.25, -0.2) is 15.0 Å². The second-order valence-electron chi connectivity index (χ2n) is 14.4. The molecule has 264 valence electrons. The maximum Gasteiger partial charge on any atom is 0.164 e. The molecule has 10 aromatic rings. The summed E-state index contributed by atoms with van der Waals surface area (Å²) in [6.45, 7) is 0. The van der Waals surface area contributed by atoms with E-state index in [1.165, 1.54) is 49.6 Å². The molecule has 0 saturated carbocycles. The Balaban J connectivity index is 0.932. The van der Waals surface area contributed by atoms with Gasteiger partial charge in [0.2, 0.25) is 0 Å². The van der Waals surface area contributed by atoms with Crippen molar-refractivity contribution in [1.82, 2.24) is 19.5 Å². The molecule has 0 amide bonds. The summed E-state index contributed by atoms with van der Waals surface area (Å²) in [7, 11) is 0. The molecule has 5 heteroatoms. The van der Waals surface area contributed by atoms with Crippen LogP contribution in [0.5, 0.6) is 0 Å². The number of hydrogen-bond acceptors (Lipinski definition) is 4. The lowest BCUT2D eigenvalue weighted by molar-refractivity contribution is 0.596. The van der Waals surface area contributed by atoms with E-state index in [9.17, 15) is 0 Å². The van der Waals surface area contributed by atoms with Crippen molar-refractivity contribution in [3.63, 3.8) is 0 Å². The van der Waals surface area contributed by atoms with Gasteiger partial charge in [-0.15, -0.1) is 0 Å². The Bertz CT molecular complexity index is 3050. The second kappa shape index (κ2) is 13.2. The summed E-state index contributed by atoms with van der Waals surface area (Å²) in [6, 6.07) is 61.6. The molecule has 56 heavy (non-hydrogen) atoms. The van der Waals surface area contributed by atoms with Gasteiger partial charge in [0.25, 0.3) is 0 Å². The Labute approximate surface area is 323 Å². The number of aromatic nitrogens is 4. The van der Waals surface area contributed by atoms with E-state index in [4.69, 9.17) is 19.4 Å². The number of nitrogens with zero attached hydrogens (tertiary/aromatic N) is 4. The van der Waals surface area contributed by atoms with E-state index in [0.717, 1.165) is 51.9 Å². The molecule has 0 radical (unpaired) electrons. The largest absolute Gasteiger partial charge is 0.456 e. The van der Waals surface area contributed by atoms with Crippen molar-refractivity contribution in [3.05, 3.63) is 193 Å². The first-order chi connectivity index (χ1) is 27.7. The maximum atomic E-state index is 6.60. The molecule has 11 rings (SSSR count). The van der Waals surface area contributed by atoms with Crippen LogP contribution < -0.4 is 0 Å². The van der Waals surface area contributed by atoms with E-state index in [2.05, 4.69) is 126 Å². The monoisotopic (exact) mass is 718 g/mol. The third kappa shape index (κ3) is 5.52. The van der Waals surface area contributed by atoms with Gasteiger partial charge >= 0.3 is 0 Å². The molecule has 7 aromatic carbocycles. The van der Waals surface area contributed by atoms with Crippen LogP contribution >= 0.6 is 0 Å². The zero-order valence-corrected chi connectivity index (χ0v) is 30.4. The Morgan fingerprint density at radius 3 is 1.68 bits per heavy atom. The number of para-hydroxylation sites is 1. The zero-order valence-electron chi connectivity index (χ0n) is 30.4. The Kier molecular flexibility index (Phi) is 7.56. The average Bonchev–Trinajstić information content (AvgIpc) is 3.81. The number of hydrogen-bond donors (Lipinski definition) is 0. The number of fused-ring (bicyclic) bond motifs is 6. The molecule has 0 bridgehead atoms. The third-order valence-corrected chi connectivity index (χ3v) is 11.0. The van der Waals surface area contributed by atoms with E-state index in [-0.39, 0.29) is 0 Å². The summed E-state index contributed by atoms with van der Waals surface area (Å²) in [6.07, 6.45) is 4.08. The van der Waals surface area contributed by atoms with Crippen LogP contribution in [0, 0.1) is 0 Å². The van der Waals surface area contributed by atoms with E-state index < -0.39 is 0 Å². The molecule has 0 unspecified atom stereocenters.